The van der Waals surface area contributed by atoms with Crippen molar-refractivity contribution >= 4 is 49.3 Å². The molecule has 4 aliphatic heterocycles. The normalized spacial score (nSPS) is 20.8. The Morgan fingerprint density at radius 3 is 2.25 bits per heavy atom. The summed E-state index contributed by atoms with van der Waals surface area (Å²) in [6.07, 6.45) is 6.34. The number of anilines is 1. The molecule has 0 spiro atoms. The molecule has 2 atom stereocenters. The van der Waals surface area contributed by atoms with Crippen molar-refractivity contribution in [3.63, 3.8) is 0 Å². The van der Waals surface area contributed by atoms with Gasteiger partial charge in [0.25, 0.3) is 37.9 Å². The molecule has 18 heteroatoms. The Balaban J connectivity index is 1.41. The SMILES string of the molecule is CC1CC(C)(C)Nc2c1cc1c(c2S(=O)(=O)O)Oc2c(S(=O)(=O)O)c3c(cc2=C1c1n(CCCCCC(=O)ON2C(=O)CCC2=O)cc[n+]1C)C(C)CC(C)(C)N=3. The van der Waals surface area contributed by atoms with E-state index in [1.807, 2.05) is 62.9 Å². The summed E-state index contributed by atoms with van der Waals surface area (Å²) in [5, 5.41) is 4.12. The van der Waals surface area contributed by atoms with Gasteiger partial charge >= 0.3 is 5.97 Å². The lowest BCUT2D eigenvalue weighted by molar-refractivity contribution is -0.673. The van der Waals surface area contributed by atoms with Gasteiger partial charge in [0.05, 0.1) is 35.7 Å². The van der Waals surface area contributed by atoms with E-state index in [1.165, 1.54) is 0 Å². The number of carbonyl (C=O) groups is 3. The van der Waals surface area contributed by atoms with E-state index >= 15 is 0 Å². The third kappa shape index (κ3) is 7.47. The van der Waals surface area contributed by atoms with Gasteiger partial charge in [0, 0.05) is 35.6 Å². The van der Waals surface area contributed by atoms with Crippen LogP contribution in [0.15, 0.2) is 39.3 Å². The predicted molar refractivity (Wildman–Crippen MR) is 204 cm³/mol. The zero-order chi connectivity index (χ0) is 41.6. The molecule has 5 heterocycles. The van der Waals surface area contributed by atoms with Gasteiger partial charge in [-0.1, -0.05) is 13.8 Å². The number of aryl methyl sites for hydroxylation is 2. The highest BCUT2D eigenvalue weighted by atomic mass is 32.2. The minimum absolute atomic E-state index is 0.00263. The molecule has 0 radical (unpaired) electrons. The highest BCUT2D eigenvalue weighted by molar-refractivity contribution is 7.86. The van der Waals surface area contributed by atoms with E-state index in [4.69, 9.17) is 14.6 Å². The van der Waals surface area contributed by atoms with E-state index in [0.29, 0.717) is 71.8 Å². The molecule has 3 N–H and O–H groups in total. The number of amides is 2. The second kappa shape index (κ2) is 14.0. The second-order valence-corrected chi connectivity index (χ2v) is 19.6. The number of ether oxygens (including phenoxy) is 1. The Bertz CT molecular complexity index is 2600. The lowest BCUT2D eigenvalue weighted by Gasteiger charge is -2.39. The number of hydrogen-bond acceptors (Lipinski definition) is 11. The quantitative estimate of drug-likeness (QED) is 0.0898. The van der Waals surface area contributed by atoms with Crippen molar-refractivity contribution in [2.75, 3.05) is 5.32 Å². The Morgan fingerprint density at radius 1 is 0.947 bits per heavy atom. The van der Waals surface area contributed by atoms with Crippen LogP contribution in [0.5, 0.6) is 11.5 Å². The average Bonchev–Trinajstić information content (AvgIpc) is 3.59. The van der Waals surface area contributed by atoms with Gasteiger partial charge in [0.15, 0.2) is 21.3 Å². The molecule has 0 aliphatic carbocycles. The maximum atomic E-state index is 13.5. The first-order chi connectivity index (χ1) is 26.5. The lowest BCUT2D eigenvalue weighted by Crippen LogP contribution is -2.40. The molecule has 1 saturated heterocycles. The van der Waals surface area contributed by atoms with E-state index < -0.39 is 58.9 Å². The summed E-state index contributed by atoms with van der Waals surface area (Å²) >= 11 is 0. The number of aromatic nitrogens is 2. The highest BCUT2D eigenvalue weighted by Gasteiger charge is 2.43. The van der Waals surface area contributed by atoms with Crippen LogP contribution in [0.3, 0.4) is 0 Å². The smallest absolute Gasteiger partial charge is 0.333 e. The number of carbonyl (C=O) groups excluding carboxylic acids is 3. The summed E-state index contributed by atoms with van der Waals surface area (Å²) in [6.45, 7) is 11.9. The van der Waals surface area contributed by atoms with Crippen molar-refractivity contribution in [1.82, 2.24) is 9.63 Å². The Morgan fingerprint density at radius 2 is 1.60 bits per heavy atom. The second-order valence-electron chi connectivity index (χ2n) is 16.9. The molecular weight excluding hydrogens is 779 g/mol. The van der Waals surface area contributed by atoms with Crippen LogP contribution in [0.2, 0.25) is 0 Å². The number of rotatable bonds is 10. The fourth-order valence-corrected chi connectivity index (χ4v) is 10.5. The Labute approximate surface area is 331 Å². The van der Waals surface area contributed by atoms with Crippen LogP contribution in [-0.4, -0.2) is 64.4 Å². The third-order valence-corrected chi connectivity index (χ3v) is 12.9. The molecule has 16 nitrogen and oxygen atoms in total. The number of hydrogen-bond donors (Lipinski definition) is 3. The van der Waals surface area contributed by atoms with Gasteiger partial charge < -0.3 is 14.9 Å². The van der Waals surface area contributed by atoms with E-state index in [-0.39, 0.29) is 58.9 Å². The highest BCUT2D eigenvalue weighted by Crippen LogP contribution is 2.51. The van der Waals surface area contributed by atoms with E-state index in [1.54, 1.807) is 19.3 Å². The first kappa shape index (κ1) is 40.5. The number of hydroxylamine groups is 2. The fourth-order valence-electron chi connectivity index (χ4n) is 8.90. The number of fused-ring (bicyclic) bond motifs is 4. The van der Waals surface area contributed by atoms with Crippen molar-refractivity contribution in [2.24, 2.45) is 12.0 Å². The molecule has 1 fully saturated rings. The van der Waals surface area contributed by atoms with E-state index in [9.17, 15) is 40.3 Å². The Hall–Kier alpha value is -4.65. The van der Waals surface area contributed by atoms with Crippen molar-refractivity contribution in [1.29, 1.82) is 0 Å². The molecule has 57 heavy (non-hydrogen) atoms. The molecule has 306 valence electrons. The first-order valence-electron chi connectivity index (χ1n) is 19.0. The van der Waals surface area contributed by atoms with Gasteiger partial charge in [-0.25, -0.2) is 13.9 Å². The summed E-state index contributed by atoms with van der Waals surface area (Å²) in [7, 11) is -8.30. The number of imide groups is 1. The molecular formula is C39H48N5O11S2+. The minimum atomic E-state index is -5.06. The summed E-state index contributed by atoms with van der Waals surface area (Å²) in [5.74, 6) is -2.23. The topological polar surface area (TPSA) is 215 Å². The van der Waals surface area contributed by atoms with Crippen molar-refractivity contribution in [3.8, 4) is 11.5 Å². The van der Waals surface area contributed by atoms with Gasteiger partial charge in [0.2, 0.25) is 0 Å². The van der Waals surface area contributed by atoms with Crippen LogP contribution < -0.4 is 25.2 Å². The van der Waals surface area contributed by atoms with Crippen LogP contribution in [-0.2, 0) is 53.0 Å². The molecule has 0 saturated carbocycles. The van der Waals surface area contributed by atoms with Crippen molar-refractivity contribution < 1.29 is 54.5 Å². The minimum Gasteiger partial charge on any atom is -0.453 e. The van der Waals surface area contributed by atoms with E-state index in [2.05, 4.69) is 5.32 Å². The number of benzene rings is 2. The monoisotopic (exact) mass is 826 g/mol. The van der Waals surface area contributed by atoms with Gasteiger partial charge in [-0.15, -0.1) is 5.06 Å². The van der Waals surface area contributed by atoms with Gasteiger partial charge in [-0.05, 0) is 94.9 Å². The average molecular weight is 827 g/mol. The molecule has 7 rings (SSSR count). The zero-order valence-corrected chi connectivity index (χ0v) is 34.6. The molecule has 3 aromatic rings. The van der Waals surface area contributed by atoms with Crippen molar-refractivity contribution in [2.45, 2.75) is 132 Å². The molecule has 1 aromatic heterocycles. The summed E-state index contributed by atoms with van der Waals surface area (Å²) in [4.78, 5) is 44.7. The van der Waals surface area contributed by atoms with Gasteiger partial charge in [-0.3, -0.25) is 23.7 Å². The molecule has 0 bridgehead atoms. The summed E-state index contributed by atoms with van der Waals surface area (Å²) in [5.41, 5.74) is 0.757. The van der Waals surface area contributed by atoms with E-state index in [0.717, 1.165) is 0 Å². The van der Waals surface area contributed by atoms with Crippen LogP contribution in [0, 0.1) is 0 Å². The number of unbranched alkanes of at least 4 members (excludes halogenated alkanes) is 2. The Kier molecular flexibility index (Phi) is 9.97. The maximum Gasteiger partial charge on any atom is 0.333 e. The number of imidazole rings is 1. The van der Waals surface area contributed by atoms with Gasteiger partial charge in [0.1, 0.15) is 12.4 Å². The standard InChI is InChI=1S/C39H47N5O11S2/c1-21-19-38(3,4)40-31-23(21)17-25-30(37-42(7)15-16-43(37)14-10-8-9-11-29(47)55-44-27(45)12-13-28(44)46)26-18-24-22(2)20-39(5,6)41-32(24)36(57(51,52)53)34(26)54-33(25)35(31)56(48,49)50/h15-18,21-22H,8-14,19-20H2,1-7H3,(H2-,40,41,48,49,50,51,52,53)/p+1. The zero-order valence-electron chi connectivity index (χ0n) is 33.0. The molecule has 2 unspecified atom stereocenters. The largest absolute Gasteiger partial charge is 0.453 e. The molecule has 2 amide bonds. The maximum absolute atomic E-state index is 13.5. The fraction of sp³-hybridized carbons (Fsp3) is 0.513. The van der Waals surface area contributed by atoms with Gasteiger partial charge in [-0.2, -0.15) is 16.8 Å². The van der Waals surface area contributed by atoms with Crippen LogP contribution in [0.4, 0.5) is 5.69 Å². The lowest BCUT2D eigenvalue weighted by atomic mass is 9.80. The van der Waals surface area contributed by atoms with Crippen LogP contribution in [0.1, 0.15) is 127 Å². The number of nitrogens with zero attached hydrogens (tertiary/aromatic N) is 4. The predicted octanol–water partition coefficient (Wildman–Crippen LogP) is 3.93. The first-order valence-corrected chi connectivity index (χ1v) is 21.9. The van der Waals surface area contributed by atoms with Crippen molar-refractivity contribution in [3.05, 3.63) is 57.6 Å². The summed E-state index contributed by atoms with van der Waals surface area (Å²) in [6, 6.07) is 3.63. The summed E-state index contributed by atoms with van der Waals surface area (Å²) < 4.78 is 86.1. The number of nitrogens with one attached hydrogen (secondary N) is 1. The molecule has 4 aliphatic rings. The third-order valence-electron chi connectivity index (χ3n) is 11.1. The van der Waals surface area contributed by atoms with Crippen LogP contribution in [0.25, 0.3) is 5.57 Å². The van der Waals surface area contributed by atoms with Crippen LogP contribution >= 0.6 is 0 Å². The molecule has 2 aromatic carbocycles.